The van der Waals surface area contributed by atoms with Crippen LogP contribution in [0.3, 0.4) is 0 Å². The second kappa shape index (κ2) is 16.4. The number of carboxylic acid groups (broad SMARTS) is 1. The summed E-state index contributed by atoms with van der Waals surface area (Å²) in [4.78, 5) is 53.3. The van der Waals surface area contributed by atoms with Gasteiger partial charge in [-0.25, -0.2) is 0 Å². The van der Waals surface area contributed by atoms with Crippen LogP contribution in [0, 0.1) is 11.8 Å². The van der Waals surface area contributed by atoms with Crippen molar-refractivity contribution in [1.82, 2.24) is 15.5 Å². The minimum absolute atomic E-state index is 0.00768. The third kappa shape index (κ3) is 10.2. The van der Waals surface area contributed by atoms with Crippen LogP contribution in [-0.4, -0.2) is 77.0 Å². The number of unbranched alkanes of at least 4 members (excludes halogenated alkanes) is 1. The van der Waals surface area contributed by atoms with E-state index in [4.69, 9.17) is 17.2 Å². The van der Waals surface area contributed by atoms with Crippen molar-refractivity contribution in [2.45, 2.75) is 68.6 Å². The summed E-state index contributed by atoms with van der Waals surface area (Å²) in [5.74, 6) is 3.45. The van der Waals surface area contributed by atoms with Gasteiger partial charge in [-0.3, -0.25) is 19.2 Å². The van der Waals surface area contributed by atoms with Gasteiger partial charge in [-0.1, -0.05) is 60.4 Å². The molecule has 0 aliphatic carbocycles. The Labute approximate surface area is 252 Å². The van der Waals surface area contributed by atoms with E-state index in [1.807, 2.05) is 60.7 Å². The molecule has 2 aromatic rings. The average molecular weight is 591 g/mol. The van der Waals surface area contributed by atoms with Gasteiger partial charge < -0.3 is 37.8 Å². The lowest BCUT2D eigenvalue weighted by Gasteiger charge is -2.38. The van der Waals surface area contributed by atoms with E-state index in [0.29, 0.717) is 25.8 Å². The first-order valence-electron chi connectivity index (χ1n) is 14.6. The summed E-state index contributed by atoms with van der Waals surface area (Å²) in [5.41, 5.74) is 18.1. The molecule has 230 valence electrons. The molecule has 3 amide bonds. The van der Waals surface area contributed by atoms with Crippen LogP contribution in [-0.2, 0) is 25.6 Å². The molecule has 0 bridgehead atoms. The van der Waals surface area contributed by atoms with Crippen LogP contribution in [0.4, 0.5) is 0 Å². The Morgan fingerprint density at radius 2 is 1.51 bits per heavy atom. The zero-order valence-corrected chi connectivity index (χ0v) is 24.3. The quantitative estimate of drug-likeness (QED) is 0.143. The van der Waals surface area contributed by atoms with Crippen LogP contribution in [0.2, 0.25) is 0 Å². The topological polar surface area (TPSA) is 194 Å². The molecule has 9 N–H and O–H groups in total. The number of likely N-dealkylation sites (tertiary alicyclic amines) is 1. The number of benzene rings is 2. The number of amides is 3. The first kappa shape index (κ1) is 33.3. The van der Waals surface area contributed by atoms with Crippen LogP contribution < -0.4 is 27.8 Å². The van der Waals surface area contributed by atoms with Crippen molar-refractivity contribution in [3.05, 3.63) is 71.8 Å². The fourth-order valence-electron chi connectivity index (χ4n) is 4.81. The highest BCUT2D eigenvalue weighted by molar-refractivity contribution is 5.93. The minimum atomic E-state index is -1.39. The minimum Gasteiger partial charge on any atom is -0.480 e. The Kier molecular flexibility index (Phi) is 12.7. The first-order chi connectivity index (χ1) is 20.6. The first-order valence-corrected chi connectivity index (χ1v) is 14.6. The molecule has 3 rings (SSSR count). The highest BCUT2D eigenvalue weighted by Gasteiger charge is 2.40. The maximum atomic E-state index is 13.6. The highest BCUT2D eigenvalue weighted by atomic mass is 16.4. The van der Waals surface area contributed by atoms with Gasteiger partial charge in [0.25, 0.3) is 0 Å². The van der Waals surface area contributed by atoms with Gasteiger partial charge in [0.1, 0.15) is 17.6 Å². The lowest BCUT2D eigenvalue weighted by Crippen LogP contribution is -2.60. The Morgan fingerprint density at radius 1 is 0.907 bits per heavy atom. The van der Waals surface area contributed by atoms with Crippen LogP contribution in [0.1, 0.15) is 49.7 Å². The van der Waals surface area contributed by atoms with Gasteiger partial charge in [-0.15, -0.1) is 0 Å². The SMILES string of the molecule is NCCCC[C@@H](NC(=O)[C@@H](CC#Cc1ccccc1)NC(=O)[C@H](N)Cc1ccccc1)C(=O)N1CCC(N)(C(=O)O)CC1. The molecule has 1 aliphatic rings. The zero-order valence-electron chi connectivity index (χ0n) is 24.3. The predicted octanol–water partition coefficient (Wildman–Crippen LogP) is 0.501. The standard InChI is InChI=1S/C32H42N6O5/c33-19-8-7-15-27(30(41)38-20-17-32(35,18-21-38)31(42)43)37-29(40)26(16-9-14-23-10-3-1-4-11-23)36-28(39)25(34)22-24-12-5-2-6-13-24/h1-6,10-13,25-27H,7-8,15-22,33-35H2,(H,36,39)(H,37,40)(H,42,43)/t25-,26-,27-/m1/s1. The fourth-order valence-corrected chi connectivity index (χ4v) is 4.81. The van der Waals surface area contributed by atoms with Crippen molar-refractivity contribution < 1.29 is 24.3 Å². The van der Waals surface area contributed by atoms with E-state index in [1.165, 1.54) is 4.90 Å². The van der Waals surface area contributed by atoms with Crippen molar-refractivity contribution in [1.29, 1.82) is 0 Å². The van der Waals surface area contributed by atoms with E-state index < -0.39 is 41.4 Å². The number of aliphatic carboxylic acids is 1. The fraction of sp³-hybridized carbons (Fsp3) is 0.438. The molecule has 1 aliphatic heterocycles. The number of nitrogens with one attached hydrogen (secondary N) is 2. The third-order valence-electron chi connectivity index (χ3n) is 7.54. The van der Waals surface area contributed by atoms with E-state index >= 15 is 0 Å². The van der Waals surface area contributed by atoms with Crippen LogP contribution in [0.5, 0.6) is 0 Å². The molecule has 1 heterocycles. The Hall–Kier alpha value is -4.24. The smallest absolute Gasteiger partial charge is 0.323 e. The molecule has 0 saturated carbocycles. The molecule has 43 heavy (non-hydrogen) atoms. The van der Waals surface area contributed by atoms with Gasteiger partial charge in [-0.2, -0.15) is 0 Å². The van der Waals surface area contributed by atoms with Gasteiger partial charge in [0.2, 0.25) is 17.7 Å². The summed E-state index contributed by atoms with van der Waals surface area (Å²) < 4.78 is 0. The predicted molar refractivity (Wildman–Crippen MR) is 163 cm³/mol. The number of nitrogens with two attached hydrogens (primary N) is 3. The van der Waals surface area contributed by atoms with Gasteiger partial charge >= 0.3 is 5.97 Å². The molecule has 1 saturated heterocycles. The second-order valence-electron chi connectivity index (χ2n) is 10.9. The van der Waals surface area contributed by atoms with Gasteiger partial charge in [0, 0.05) is 25.1 Å². The van der Waals surface area contributed by atoms with Gasteiger partial charge in [0.05, 0.1) is 6.04 Å². The molecule has 11 nitrogen and oxygen atoms in total. The number of hydrogen-bond acceptors (Lipinski definition) is 7. The molecule has 0 aromatic heterocycles. The third-order valence-corrected chi connectivity index (χ3v) is 7.54. The molecule has 0 radical (unpaired) electrons. The lowest BCUT2D eigenvalue weighted by atomic mass is 9.88. The molecular weight excluding hydrogens is 548 g/mol. The van der Waals surface area contributed by atoms with E-state index in [9.17, 15) is 24.3 Å². The number of rotatable bonds is 13. The van der Waals surface area contributed by atoms with Crippen molar-refractivity contribution >= 4 is 23.7 Å². The lowest BCUT2D eigenvalue weighted by molar-refractivity contribution is -0.148. The second-order valence-corrected chi connectivity index (χ2v) is 10.9. The number of carboxylic acids is 1. The molecule has 11 heteroatoms. The maximum Gasteiger partial charge on any atom is 0.323 e. The van der Waals surface area contributed by atoms with Gasteiger partial charge in [-0.05, 0) is 62.8 Å². The molecular formula is C32H42N6O5. The Morgan fingerprint density at radius 3 is 2.12 bits per heavy atom. The van der Waals surface area contributed by atoms with E-state index in [2.05, 4.69) is 22.5 Å². The van der Waals surface area contributed by atoms with Crippen molar-refractivity contribution in [2.75, 3.05) is 19.6 Å². The van der Waals surface area contributed by atoms with E-state index in [-0.39, 0.29) is 44.7 Å². The molecule has 1 fully saturated rings. The number of hydrogen-bond donors (Lipinski definition) is 6. The summed E-state index contributed by atoms with van der Waals surface area (Å²) in [7, 11) is 0. The van der Waals surface area contributed by atoms with E-state index in [0.717, 1.165) is 11.1 Å². The summed E-state index contributed by atoms with van der Waals surface area (Å²) in [6.45, 7) is 0.740. The van der Waals surface area contributed by atoms with Crippen LogP contribution in [0.15, 0.2) is 60.7 Å². The van der Waals surface area contributed by atoms with Crippen molar-refractivity contribution in [2.24, 2.45) is 17.2 Å². The average Bonchev–Trinajstić information content (AvgIpc) is 3.01. The summed E-state index contributed by atoms with van der Waals surface area (Å²) >= 11 is 0. The van der Waals surface area contributed by atoms with Gasteiger partial charge in [0.15, 0.2) is 0 Å². The number of carbonyl (C=O) groups excluding carboxylic acids is 3. The number of carbonyl (C=O) groups is 4. The van der Waals surface area contributed by atoms with Crippen LogP contribution in [0.25, 0.3) is 0 Å². The number of piperidine rings is 1. The molecule has 0 spiro atoms. The highest BCUT2D eigenvalue weighted by Crippen LogP contribution is 2.21. The summed E-state index contributed by atoms with van der Waals surface area (Å²) in [6.07, 6.45) is 2.05. The molecule has 3 atom stereocenters. The normalized spacial score (nSPS) is 16.1. The van der Waals surface area contributed by atoms with Crippen molar-refractivity contribution in [3.8, 4) is 11.8 Å². The Balaban J connectivity index is 1.75. The number of nitrogens with zero attached hydrogens (tertiary/aromatic N) is 1. The van der Waals surface area contributed by atoms with E-state index in [1.54, 1.807) is 0 Å². The summed E-state index contributed by atoms with van der Waals surface area (Å²) in [5, 5.41) is 15.0. The van der Waals surface area contributed by atoms with Crippen LogP contribution >= 0.6 is 0 Å². The molecule has 0 unspecified atom stereocenters. The monoisotopic (exact) mass is 590 g/mol. The maximum absolute atomic E-state index is 13.6. The largest absolute Gasteiger partial charge is 0.480 e. The summed E-state index contributed by atoms with van der Waals surface area (Å²) in [6, 6.07) is 15.7. The van der Waals surface area contributed by atoms with Crippen molar-refractivity contribution in [3.63, 3.8) is 0 Å². The zero-order chi connectivity index (χ0) is 31.2. The Bertz CT molecular complexity index is 1290. The molecule has 2 aromatic carbocycles.